The van der Waals surface area contributed by atoms with Crippen LogP contribution >= 0.6 is 15.9 Å². The van der Waals surface area contributed by atoms with Crippen LogP contribution in [0, 0.1) is 5.92 Å². The Labute approximate surface area is 75.2 Å². The number of carbonyl (C=O) groups excluding carboxylic acids is 1. The minimum Gasteiger partial charge on any atom is -0.352 e. The molecule has 0 spiro atoms. The Balaban J connectivity index is 2.04. The van der Waals surface area contributed by atoms with Gasteiger partial charge in [-0.25, -0.2) is 0 Å². The molecule has 1 amide bonds. The van der Waals surface area contributed by atoms with Gasteiger partial charge in [0.05, 0.1) is 0 Å². The monoisotopic (exact) mass is 217 g/mol. The first-order chi connectivity index (χ1) is 5.18. The molecule has 0 aromatic carbocycles. The van der Waals surface area contributed by atoms with E-state index in [-0.39, 0.29) is 5.91 Å². The predicted octanol–water partition coefficient (Wildman–Crippen LogP) is 1.81. The molecular weight excluding hydrogens is 206 g/mol. The van der Waals surface area contributed by atoms with Gasteiger partial charge in [-0.2, -0.15) is 0 Å². The molecule has 1 rings (SSSR count). The Morgan fingerprint density at radius 3 is 2.73 bits per heavy atom. The maximum Gasteiger partial charge on any atom is 0.220 e. The molecule has 0 heterocycles. The average molecular weight is 218 g/mol. The molecule has 0 aliphatic heterocycles. The van der Waals surface area contributed by atoms with Crippen LogP contribution in [0.3, 0.4) is 0 Å². The molecule has 1 saturated carbocycles. The van der Waals surface area contributed by atoms with E-state index in [0.717, 1.165) is 4.48 Å². The summed E-state index contributed by atoms with van der Waals surface area (Å²) >= 11 is 3.18. The summed E-state index contributed by atoms with van der Waals surface area (Å²) in [6, 6.07) is 0. The minimum absolute atomic E-state index is 0.146. The maximum absolute atomic E-state index is 11.0. The Hall–Kier alpha value is -0.310. The molecule has 0 bridgehead atoms. The van der Waals surface area contributed by atoms with Gasteiger partial charge in [-0.05, 0) is 18.8 Å². The summed E-state index contributed by atoms with van der Waals surface area (Å²) < 4.78 is 0.821. The number of hydrogen-bond donors (Lipinski definition) is 1. The van der Waals surface area contributed by atoms with Crippen LogP contribution in [0.2, 0.25) is 0 Å². The SMILES string of the molecule is C=C(Br)CNC(=O)CC1CC1. The second-order valence-electron chi connectivity index (χ2n) is 2.94. The molecule has 3 heteroatoms. The van der Waals surface area contributed by atoms with Crippen LogP contribution in [-0.4, -0.2) is 12.5 Å². The third-order valence-corrected chi connectivity index (χ3v) is 1.93. The Morgan fingerprint density at radius 1 is 1.64 bits per heavy atom. The van der Waals surface area contributed by atoms with Gasteiger partial charge in [-0.3, -0.25) is 4.79 Å². The molecule has 0 saturated heterocycles. The van der Waals surface area contributed by atoms with E-state index in [1.54, 1.807) is 0 Å². The van der Waals surface area contributed by atoms with Gasteiger partial charge in [0, 0.05) is 17.4 Å². The molecule has 1 aliphatic rings. The lowest BCUT2D eigenvalue weighted by Crippen LogP contribution is -2.24. The highest BCUT2D eigenvalue weighted by molar-refractivity contribution is 9.11. The fraction of sp³-hybridized carbons (Fsp3) is 0.625. The zero-order valence-electron chi connectivity index (χ0n) is 6.40. The molecule has 0 atom stereocenters. The summed E-state index contributed by atoms with van der Waals surface area (Å²) in [5, 5.41) is 2.77. The van der Waals surface area contributed by atoms with Crippen molar-refractivity contribution in [2.75, 3.05) is 6.54 Å². The van der Waals surface area contributed by atoms with Gasteiger partial charge in [0.25, 0.3) is 0 Å². The number of amides is 1. The Morgan fingerprint density at radius 2 is 2.27 bits per heavy atom. The molecule has 1 N–H and O–H groups in total. The van der Waals surface area contributed by atoms with Gasteiger partial charge < -0.3 is 5.32 Å². The van der Waals surface area contributed by atoms with Crippen LogP contribution in [0.1, 0.15) is 19.3 Å². The van der Waals surface area contributed by atoms with E-state index >= 15 is 0 Å². The lowest BCUT2D eigenvalue weighted by molar-refractivity contribution is -0.121. The van der Waals surface area contributed by atoms with Crippen molar-refractivity contribution in [2.45, 2.75) is 19.3 Å². The summed E-state index contributed by atoms with van der Waals surface area (Å²) in [5.74, 6) is 0.812. The van der Waals surface area contributed by atoms with Gasteiger partial charge in [0.15, 0.2) is 0 Å². The molecular formula is C8H12BrNO. The smallest absolute Gasteiger partial charge is 0.220 e. The standard InChI is InChI=1S/C8H12BrNO/c1-6(9)5-10-8(11)4-7-2-3-7/h7H,1-5H2,(H,10,11). The van der Waals surface area contributed by atoms with Crippen molar-refractivity contribution in [3.63, 3.8) is 0 Å². The van der Waals surface area contributed by atoms with Crippen molar-refractivity contribution >= 4 is 21.8 Å². The van der Waals surface area contributed by atoms with E-state index in [1.165, 1.54) is 12.8 Å². The highest BCUT2D eigenvalue weighted by Crippen LogP contribution is 2.32. The number of nitrogens with one attached hydrogen (secondary N) is 1. The number of hydrogen-bond acceptors (Lipinski definition) is 1. The molecule has 2 nitrogen and oxygen atoms in total. The van der Waals surface area contributed by atoms with Gasteiger partial charge in [-0.15, -0.1) is 0 Å². The lowest BCUT2D eigenvalue weighted by Gasteiger charge is -2.01. The minimum atomic E-state index is 0.146. The van der Waals surface area contributed by atoms with Crippen molar-refractivity contribution < 1.29 is 4.79 Å². The second kappa shape index (κ2) is 3.90. The first-order valence-electron chi connectivity index (χ1n) is 3.78. The molecule has 0 radical (unpaired) electrons. The fourth-order valence-electron chi connectivity index (χ4n) is 0.851. The van der Waals surface area contributed by atoms with Gasteiger partial charge >= 0.3 is 0 Å². The summed E-state index contributed by atoms with van der Waals surface area (Å²) in [7, 11) is 0. The van der Waals surface area contributed by atoms with E-state index in [1.807, 2.05) is 0 Å². The average Bonchev–Trinajstić information content (AvgIpc) is 2.67. The fourth-order valence-corrected chi connectivity index (χ4v) is 0.991. The molecule has 0 unspecified atom stereocenters. The molecule has 1 aliphatic carbocycles. The molecule has 11 heavy (non-hydrogen) atoms. The third-order valence-electron chi connectivity index (χ3n) is 1.65. The van der Waals surface area contributed by atoms with E-state index in [2.05, 4.69) is 27.8 Å². The van der Waals surface area contributed by atoms with E-state index in [4.69, 9.17) is 0 Å². The van der Waals surface area contributed by atoms with Crippen LogP contribution in [0.4, 0.5) is 0 Å². The predicted molar refractivity (Wildman–Crippen MR) is 48.4 cm³/mol. The quantitative estimate of drug-likeness (QED) is 0.765. The summed E-state index contributed by atoms with van der Waals surface area (Å²) in [4.78, 5) is 11.0. The summed E-state index contributed by atoms with van der Waals surface area (Å²) in [6.07, 6.45) is 3.14. The van der Waals surface area contributed by atoms with Crippen molar-refractivity contribution in [3.8, 4) is 0 Å². The maximum atomic E-state index is 11.0. The van der Waals surface area contributed by atoms with E-state index in [0.29, 0.717) is 18.9 Å². The normalized spacial score (nSPS) is 16.1. The van der Waals surface area contributed by atoms with Crippen LogP contribution in [0.5, 0.6) is 0 Å². The summed E-state index contributed by atoms with van der Waals surface area (Å²) in [5.41, 5.74) is 0. The van der Waals surface area contributed by atoms with Gasteiger partial charge in [0.2, 0.25) is 5.91 Å². The zero-order valence-corrected chi connectivity index (χ0v) is 7.99. The third kappa shape index (κ3) is 4.19. The lowest BCUT2D eigenvalue weighted by atomic mass is 10.3. The van der Waals surface area contributed by atoms with Crippen LogP contribution in [-0.2, 0) is 4.79 Å². The highest BCUT2D eigenvalue weighted by Gasteiger charge is 2.23. The molecule has 0 aromatic rings. The molecule has 0 aromatic heterocycles. The molecule has 62 valence electrons. The van der Waals surface area contributed by atoms with Crippen molar-refractivity contribution in [3.05, 3.63) is 11.1 Å². The number of halogens is 1. The first kappa shape index (κ1) is 8.78. The number of rotatable bonds is 4. The largest absolute Gasteiger partial charge is 0.352 e. The molecule has 1 fully saturated rings. The van der Waals surface area contributed by atoms with Crippen molar-refractivity contribution in [1.82, 2.24) is 5.32 Å². The summed E-state index contributed by atoms with van der Waals surface area (Å²) in [6.45, 7) is 4.17. The van der Waals surface area contributed by atoms with E-state index < -0.39 is 0 Å². The van der Waals surface area contributed by atoms with Gasteiger partial charge in [-0.1, -0.05) is 22.5 Å². The highest BCUT2D eigenvalue weighted by atomic mass is 79.9. The Kier molecular flexibility index (Phi) is 3.12. The Bertz CT molecular complexity index is 175. The van der Waals surface area contributed by atoms with Crippen LogP contribution in [0.25, 0.3) is 0 Å². The topological polar surface area (TPSA) is 29.1 Å². The van der Waals surface area contributed by atoms with Crippen LogP contribution in [0.15, 0.2) is 11.1 Å². The van der Waals surface area contributed by atoms with Gasteiger partial charge in [0.1, 0.15) is 0 Å². The van der Waals surface area contributed by atoms with Crippen LogP contribution < -0.4 is 5.32 Å². The zero-order chi connectivity index (χ0) is 8.27. The van der Waals surface area contributed by atoms with Crippen molar-refractivity contribution in [1.29, 1.82) is 0 Å². The number of carbonyl (C=O) groups is 1. The first-order valence-corrected chi connectivity index (χ1v) is 4.58. The van der Waals surface area contributed by atoms with Crippen molar-refractivity contribution in [2.24, 2.45) is 5.92 Å². The van der Waals surface area contributed by atoms with E-state index in [9.17, 15) is 4.79 Å². The second-order valence-corrected chi connectivity index (χ2v) is 4.06.